The van der Waals surface area contributed by atoms with Gasteiger partial charge in [-0.15, -0.1) is 15.3 Å². The number of nitrogens with zero attached hydrogens (tertiary/aromatic N) is 4. The number of unbranched alkanes of at least 4 members (excludes halogenated alkanes) is 1. The number of carbonyl (C=O) groups is 1. The molecule has 0 radical (unpaired) electrons. The molecule has 3 rings (SSSR count). The van der Waals surface area contributed by atoms with E-state index in [-0.39, 0.29) is 23.5 Å². The van der Waals surface area contributed by atoms with Crippen molar-refractivity contribution in [2.75, 3.05) is 7.11 Å². The number of azo groups is 1. The second-order valence-corrected chi connectivity index (χ2v) is 7.18. The lowest BCUT2D eigenvalue weighted by Gasteiger charge is -2.39. The number of aromatic nitrogens is 3. The van der Waals surface area contributed by atoms with Crippen LogP contribution in [0.5, 0.6) is 0 Å². The number of hydrogen-bond acceptors (Lipinski definition) is 8. The summed E-state index contributed by atoms with van der Waals surface area (Å²) in [5, 5.41) is 14.4. The fourth-order valence-electron chi connectivity index (χ4n) is 2.72. The maximum Gasteiger partial charge on any atom is 0.369 e. The summed E-state index contributed by atoms with van der Waals surface area (Å²) in [6.07, 6.45) is 6.92. The Labute approximate surface area is 193 Å². The highest BCUT2D eigenvalue weighted by atomic mass is 16.8. The molecule has 0 saturated heterocycles. The largest absolute Gasteiger partial charge is 0.467 e. The van der Waals surface area contributed by atoms with Crippen LogP contribution in [0.15, 0.2) is 21.9 Å². The highest BCUT2D eigenvalue weighted by Crippen LogP contribution is 2.39. The highest BCUT2D eigenvalue weighted by molar-refractivity contribution is 5.89. The first-order valence-corrected chi connectivity index (χ1v) is 12.0. The molecular weight excluding hydrogens is 410 g/mol. The Kier molecular flexibility index (Phi) is 15.0. The van der Waals surface area contributed by atoms with Gasteiger partial charge in [0.15, 0.2) is 0 Å². The van der Waals surface area contributed by atoms with Crippen molar-refractivity contribution in [2.24, 2.45) is 10.2 Å². The minimum atomic E-state index is -0.935. The molecule has 0 amide bonds. The Hall–Kier alpha value is -2.45. The van der Waals surface area contributed by atoms with Gasteiger partial charge in [-0.2, -0.15) is 4.98 Å². The number of ether oxygens (including phenoxy) is 3. The van der Waals surface area contributed by atoms with Crippen molar-refractivity contribution in [1.29, 1.82) is 0 Å². The van der Waals surface area contributed by atoms with Crippen molar-refractivity contribution < 1.29 is 19.0 Å². The fourth-order valence-corrected chi connectivity index (χ4v) is 2.72. The smallest absolute Gasteiger partial charge is 0.369 e. The molecule has 1 N–H and O–H groups in total. The zero-order valence-corrected chi connectivity index (χ0v) is 21.4. The van der Waals surface area contributed by atoms with Crippen LogP contribution in [0.25, 0.3) is 0 Å². The molecule has 0 aromatic carbocycles. The van der Waals surface area contributed by atoms with Crippen molar-refractivity contribution in [1.82, 2.24) is 15.2 Å². The van der Waals surface area contributed by atoms with Crippen LogP contribution in [0.3, 0.4) is 0 Å². The highest BCUT2D eigenvalue weighted by Gasteiger charge is 2.45. The van der Waals surface area contributed by atoms with Gasteiger partial charge in [-0.1, -0.05) is 74.7 Å². The number of methoxy groups -OCH3 is 1. The average molecular weight is 454 g/mol. The third-order valence-electron chi connectivity index (χ3n) is 4.52. The lowest BCUT2D eigenvalue weighted by atomic mass is 9.93. The van der Waals surface area contributed by atoms with E-state index in [4.69, 9.17) is 14.2 Å². The summed E-state index contributed by atoms with van der Waals surface area (Å²) in [5.74, 6) is -0.514. The monoisotopic (exact) mass is 453 g/mol. The van der Waals surface area contributed by atoms with Gasteiger partial charge in [0.1, 0.15) is 5.82 Å². The number of H-pyrrole nitrogens is 1. The summed E-state index contributed by atoms with van der Waals surface area (Å²) in [7, 11) is 1.42. The number of hydrogen-bond donors (Lipinski definition) is 1. The topological polar surface area (TPSA) is 111 Å². The molecule has 1 saturated carbocycles. The van der Waals surface area contributed by atoms with E-state index in [9.17, 15) is 4.79 Å². The number of aromatic amines is 1. The normalized spacial score (nSPS) is 16.8. The van der Waals surface area contributed by atoms with Crippen LogP contribution in [0, 0.1) is 0 Å². The van der Waals surface area contributed by atoms with E-state index in [2.05, 4.69) is 39.3 Å². The lowest BCUT2D eigenvalue weighted by molar-refractivity contribution is -0.252. The van der Waals surface area contributed by atoms with E-state index in [0.29, 0.717) is 18.7 Å². The number of rotatable bonds is 5. The Balaban J connectivity index is 0.00000106. The molecule has 1 fully saturated rings. The van der Waals surface area contributed by atoms with Gasteiger partial charge in [0.05, 0.1) is 7.11 Å². The maximum atomic E-state index is 12.3. The predicted molar refractivity (Wildman–Crippen MR) is 125 cm³/mol. The van der Waals surface area contributed by atoms with Gasteiger partial charge in [-0.05, 0) is 12.8 Å². The van der Waals surface area contributed by atoms with Crippen molar-refractivity contribution in [2.45, 2.75) is 112 Å². The standard InChI is InChI=1S/C15H21N5O4.C4H10.2C2H6/c1-9(2)11-16-14(20-18-11)19-17-10-12(21)23-15(24-13(10)22-3)7-5-4-6-8-15;1-3-4-2;2*1-2/h9H,4-8H2,1-3H3,(H,16,18,20);3-4H2,1-2H3;2*1-2H3. The van der Waals surface area contributed by atoms with E-state index in [1.54, 1.807) is 0 Å². The molecule has 9 nitrogen and oxygen atoms in total. The van der Waals surface area contributed by atoms with Crippen LogP contribution < -0.4 is 0 Å². The zero-order valence-electron chi connectivity index (χ0n) is 21.4. The molecule has 2 heterocycles. The molecule has 1 spiro atoms. The molecule has 1 aromatic rings. The fraction of sp³-hybridized carbons (Fsp3) is 0.783. The average Bonchev–Trinajstić information content (AvgIpc) is 3.31. The summed E-state index contributed by atoms with van der Waals surface area (Å²) in [5.41, 5.74) is -0.121. The minimum Gasteiger partial charge on any atom is -0.467 e. The SMILES string of the molecule is CC.CC.CCCC.COC1=C(N=Nc2n[nH]c(C(C)C)n2)C(=O)OC2(CCCCC2)O1. The van der Waals surface area contributed by atoms with Gasteiger partial charge in [0.25, 0.3) is 17.4 Å². The molecule has 9 heteroatoms. The number of esters is 1. The van der Waals surface area contributed by atoms with E-state index in [1.807, 2.05) is 41.5 Å². The van der Waals surface area contributed by atoms with Crippen molar-refractivity contribution in [3.8, 4) is 0 Å². The maximum absolute atomic E-state index is 12.3. The summed E-state index contributed by atoms with van der Waals surface area (Å²) < 4.78 is 16.5. The molecule has 1 aliphatic carbocycles. The third kappa shape index (κ3) is 8.96. The first-order chi connectivity index (χ1) is 15.4. The van der Waals surface area contributed by atoms with Gasteiger partial charge >= 0.3 is 11.9 Å². The van der Waals surface area contributed by atoms with Gasteiger partial charge < -0.3 is 14.2 Å². The van der Waals surface area contributed by atoms with Crippen LogP contribution in [0.4, 0.5) is 5.95 Å². The van der Waals surface area contributed by atoms with Crippen molar-refractivity contribution in [3.05, 3.63) is 17.5 Å². The van der Waals surface area contributed by atoms with E-state index in [1.165, 1.54) is 20.0 Å². The Morgan fingerprint density at radius 2 is 1.62 bits per heavy atom. The van der Waals surface area contributed by atoms with Crippen molar-refractivity contribution in [3.63, 3.8) is 0 Å². The van der Waals surface area contributed by atoms with E-state index in [0.717, 1.165) is 19.3 Å². The third-order valence-corrected chi connectivity index (χ3v) is 4.52. The molecule has 2 aliphatic rings. The van der Waals surface area contributed by atoms with Gasteiger partial charge in [-0.25, -0.2) is 4.79 Å². The summed E-state index contributed by atoms with van der Waals surface area (Å²) in [6.45, 7) is 16.3. The number of carbonyl (C=O) groups excluding carboxylic acids is 1. The molecule has 0 atom stereocenters. The van der Waals surface area contributed by atoms with E-state index >= 15 is 0 Å². The van der Waals surface area contributed by atoms with Crippen molar-refractivity contribution >= 4 is 11.9 Å². The summed E-state index contributed by atoms with van der Waals surface area (Å²) in [4.78, 5) is 16.5. The Bertz CT molecular complexity index is 705. The van der Waals surface area contributed by atoms with Gasteiger partial charge in [0.2, 0.25) is 0 Å². The molecule has 1 aromatic heterocycles. The van der Waals surface area contributed by atoms with Crippen LogP contribution in [0.2, 0.25) is 0 Å². The van der Waals surface area contributed by atoms with Crippen LogP contribution in [0.1, 0.15) is 112 Å². The minimum absolute atomic E-state index is 0.0246. The molecular formula is C23H43N5O4. The summed E-state index contributed by atoms with van der Waals surface area (Å²) in [6, 6.07) is 0. The molecule has 32 heavy (non-hydrogen) atoms. The quantitative estimate of drug-likeness (QED) is 0.382. The number of nitrogens with one attached hydrogen (secondary N) is 1. The van der Waals surface area contributed by atoms with Crippen LogP contribution in [-0.4, -0.2) is 34.0 Å². The molecule has 184 valence electrons. The Morgan fingerprint density at radius 1 is 1.03 bits per heavy atom. The predicted octanol–water partition coefficient (Wildman–Crippen LogP) is 6.92. The second-order valence-electron chi connectivity index (χ2n) is 7.18. The molecule has 0 unspecified atom stereocenters. The summed E-state index contributed by atoms with van der Waals surface area (Å²) >= 11 is 0. The first kappa shape index (κ1) is 29.5. The van der Waals surface area contributed by atoms with E-state index < -0.39 is 11.8 Å². The Morgan fingerprint density at radius 3 is 2.09 bits per heavy atom. The van der Waals surface area contributed by atoms with Gasteiger partial charge in [0, 0.05) is 18.8 Å². The zero-order chi connectivity index (χ0) is 24.6. The molecule has 0 bridgehead atoms. The van der Waals surface area contributed by atoms with Gasteiger partial charge in [-0.3, -0.25) is 5.10 Å². The van der Waals surface area contributed by atoms with Crippen LogP contribution in [-0.2, 0) is 19.0 Å². The first-order valence-electron chi connectivity index (χ1n) is 12.0. The van der Waals surface area contributed by atoms with Crippen LogP contribution >= 0.6 is 0 Å². The molecule has 1 aliphatic heterocycles. The lowest BCUT2D eigenvalue weighted by Crippen LogP contribution is -2.44. The second kappa shape index (κ2) is 16.2.